The summed E-state index contributed by atoms with van der Waals surface area (Å²) in [4.78, 5) is 27.1. The van der Waals surface area contributed by atoms with Gasteiger partial charge in [0.1, 0.15) is 11.6 Å². The molecule has 6 heteroatoms. The minimum Gasteiger partial charge on any atom is -0.507 e. The molecular formula is C22H20FNO4. The summed E-state index contributed by atoms with van der Waals surface area (Å²) >= 11 is 0. The lowest BCUT2D eigenvalue weighted by atomic mass is 9.95. The molecule has 2 saturated heterocycles. The van der Waals surface area contributed by atoms with Crippen molar-refractivity contribution in [3.8, 4) is 0 Å². The molecule has 5 nitrogen and oxygen atoms in total. The molecule has 4 rings (SSSR count). The van der Waals surface area contributed by atoms with Crippen LogP contribution in [0.1, 0.15) is 30.0 Å². The molecule has 0 aromatic heterocycles. The number of rotatable bonds is 4. The zero-order valence-electron chi connectivity index (χ0n) is 15.2. The molecule has 28 heavy (non-hydrogen) atoms. The van der Waals surface area contributed by atoms with E-state index in [4.69, 9.17) is 4.74 Å². The third-order valence-electron chi connectivity index (χ3n) is 5.20. The van der Waals surface area contributed by atoms with Gasteiger partial charge >= 0.3 is 0 Å². The lowest BCUT2D eigenvalue weighted by Gasteiger charge is -2.27. The molecule has 2 fully saturated rings. The lowest BCUT2D eigenvalue weighted by Crippen LogP contribution is -2.36. The highest BCUT2D eigenvalue weighted by atomic mass is 19.1. The van der Waals surface area contributed by atoms with Gasteiger partial charge in [0.2, 0.25) is 0 Å². The first-order valence-corrected chi connectivity index (χ1v) is 9.27. The number of ether oxygens (including phenoxy) is 1. The number of hydrogen-bond donors (Lipinski definition) is 1. The van der Waals surface area contributed by atoms with Gasteiger partial charge in [-0.25, -0.2) is 4.39 Å². The minimum atomic E-state index is -0.742. The Labute approximate surface area is 162 Å². The lowest BCUT2D eigenvalue weighted by molar-refractivity contribution is -0.140. The van der Waals surface area contributed by atoms with Gasteiger partial charge in [0, 0.05) is 18.7 Å². The Morgan fingerprint density at radius 2 is 1.82 bits per heavy atom. The van der Waals surface area contributed by atoms with E-state index in [1.165, 1.54) is 29.2 Å². The molecule has 2 atom stereocenters. The second-order valence-electron chi connectivity index (χ2n) is 7.00. The fourth-order valence-electron chi connectivity index (χ4n) is 3.82. The standard InChI is InChI=1S/C22H20FNO4/c23-16-10-8-15(9-11-16)20(25)18-19(14-5-2-1-3-6-14)24(22(27)21(18)26)13-17-7-4-12-28-17/h1-3,5-6,8-11,17,19,25H,4,7,12-13H2. The quantitative estimate of drug-likeness (QED) is 0.501. The van der Waals surface area contributed by atoms with E-state index in [9.17, 15) is 19.1 Å². The summed E-state index contributed by atoms with van der Waals surface area (Å²) in [6, 6.07) is 13.6. The number of benzene rings is 2. The van der Waals surface area contributed by atoms with E-state index in [1.807, 2.05) is 30.3 Å². The molecule has 0 bridgehead atoms. The van der Waals surface area contributed by atoms with Gasteiger partial charge in [-0.05, 0) is 42.7 Å². The number of amides is 1. The largest absolute Gasteiger partial charge is 0.507 e. The van der Waals surface area contributed by atoms with Gasteiger partial charge in [-0.1, -0.05) is 30.3 Å². The Kier molecular flexibility index (Phi) is 4.96. The molecule has 2 heterocycles. The Balaban J connectivity index is 1.80. The van der Waals surface area contributed by atoms with Crippen molar-refractivity contribution in [3.05, 3.63) is 77.1 Å². The smallest absolute Gasteiger partial charge is 0.295 e. The maximum absolute atomic E-state index is 13.3. The first kappa shape index (κ1) is 18.4. The molecule has 1 amide bonds. The number of nitrogens with zero attached hydrogens (tertiary/aromatic N) is 1. The van der Waals surface area contributed by atoms with E-state index in [0.29, 0.717) is 6.61 Å². The zero-order chi connectivity index (χ0) is 19.7. The Morgan fingerprint density at radius 3 is 2.46 bits per heavy atom. The number of aliphatic hydroxyl groups is 1. The van der Waals surface area contributed by atoms with Gasteiger partial charge in [-0.15, -0.1) is 0 Å². The first-order chi connectivity index (χ1) is 13.6. The van der Waals surface area contributed by atoms with Gasteiger partial charge in [0.25, 0.3) is 11.7 Å². The van der Waals surface area contributed by atoms with Crippen LogP contribution in [0.4, 0.5) is 4.39 Å². The van der Waals surface area contributed by atoms with E-state index in [-0.39, 0.29) is 29.5 Å². The fraction of sp³-hybridized carbons (Fsp3) is 0.273. The van der Waals surface area contributed by atoms with Crippen molar-refractivity contribution in [2.24, 2.45) is 0 Å². The minimum absolute atomic E-state index is 0.0146. The summed E-state index contributed by atoms with van der Waals surface area (Å²) in [5.41, 5.74) is 1.03. The molecule has 2 aromatic rings. The molecule has 1 N–H and O–H groups in total. The van der Waals surface area contributed by atoms with Crippen molar-refractivity contribution in [2.45, 2.75) is 25.0 Å². The van der Waals surface area contributed by atoms with Crippen molar-refractivity contribution in [2.75, 3.05) is 13.2 Å². The van der Waals surface area contributed by atoms with Crippen molar-refractivity contribution in [1.29, 1.82) is 0 Å². The predicted molar refractivity (Wildman–Crippen MR) is 101 cm³/mol. The number of carbonyl (C=O) groups excluding carboxylic acids is 2. The van der Waals surface area contributed by atoms with Gasteiger partial charge in [-0.2, -0.15) is 0 Å². The third-order valence-corrected chi connectivity index (χ3v) is 5.20. The van der Waals surface area contributed by atoms with Gasteiger partial charge < -0.3 is 14.7 Å². The number of carbonyl (C=O) groups is 2. The summed E-state index contributed by atoms with van der Waals surface area (Å²) in [6.45, 7) is 0.921. The number of Topliss-reactive ketones (excluding diaryl/α,β-unsaturated/α-hetero) is 1. The zero-order valence-corrected chi connectivity index (χ0v) is 15.2. The van der Waals surface area contributed by atoms with E-state index in [0.717, 1.165) is 18.4 Å². The van der Waals surface area contributed by atoms with E-state index in [2.05, 4.69) is 0 Å². The number of aliphatic hydroxyl groups excluding tert-OH is 1. The van der Waals surface area contributed by atoms with Crippen LogP contribution in [0.5, 0.6) is 0 Å². The van der Waals surface area contributed by atoms with E-state index >= 15 is 0 Å². The van der Waals surface area contributed by atoms with Crippen molar-refractivity contribution in [3.63, 3.8) is 0 Å². The van der Waals surface area contributed by atoms with Crippen LogP contribution in [0.25, 0.3) is 5.76 Å². The number of halogens is 1. The van der Waals surface area contributed by atoms with Gasteiger partial charge in [0.05, 0.1) is 17.7 Å². The van der Waals surface area contributed by atoms with E-state index in [1.54, 1.807) is 0 Å². The molecule has 0 saturated carbocycles. The molecule has 2 unspecified atom stereocenters. The van der Waals surface area contributed by atoms with Crippen LogP contribution in [0.3, 0.4) is 0 Å². The molecule has 2 aliphatic rings. The van der Waals surface area contributed by atoms with Crippen LogP contribution < -0.4 is 0 Å². The highest BCUT2D eigenvalue weighted by Crippen LogP contribution is 2.39. The van der Waals surface area contributed by atoms with Crippen LogP contribution in [-0.4, -0.2) is 41.0 Å². The number of likely N-dealkylation sites (tertiary alicyclic amines) is 1. The second kappa shape index (κ2) is 7.56. The summed E-state index contributed by atoms with van der Waals surface area (Å²) in [7, 11) is 0. The second-order valence-corrected chi connectivity index (χ2v) is 7.00. The molecule has 0 spiro atoms. The molecule has 0 aliphatic carbocycles. The highest BCUT2D eigenvalue weighted by Gasteiger charge is 2.46. The number of hydrogen-bond acceptors (Lipinski definition) is 4. The molecule has 2 aliphatic heterocycles. The average Bonchev–Trinajstić information content (AvgIpc) is 3.31. The highest BCUT2D eigenvalue weighted by molar-refractivity contribution is 6.46. The summed E-state index contributed by atoms with van der Waals surface area (Å²) in [6.07, 6.45) is 1.61. The fourth-order valence-corrected chi connectivity index (χ4v) is 3.82. The summed E-state index contributed by atoms with van der Waals surface area (Å²) in [5, 5.41) is 10.8. The van der Waals surface area contributed by atoms with E-state index < -0.39 is 23.5 Å². The predicted octanol–water partition coefficient (Wildman–Crippen LogP) is 3.43. The Morgan fingerprint density at radius 1 is 1.11 bits per heavy atom. The molecular weight excluding hydrogens is 361 g/mol. The van der Waals surface area contributed by atoms with Crippen LogP contribution in [0.2, 0.25) is 0 Å². The first-order valence-electron chi connectivity index (χ1n) is 9.27. The normalized spacial score (nSPS) is 24.1. The van der Waals surface area contributed by atoms with Crippen molar-refractivity contribution >= 4 is 17.4 Å². The number of ketones is 1. The Hall–Kier alpha value is -2.99. The maximum atomic E-state index is 13.3. The Bertz CT molecular complexity index is 917. The van der Waals surface area contributed by atoms with Gasteiger partial charge in [-0.3, -0.25) is 9.59 Å². The molecule has 0 radical (unpaired) electrons. The third kappa shape index (κ3) is 3.31. The molecule has 144 valence electrons. The van der Waals surface area contributed by atoms with Crippen LogP contribution in [0.15, 0.2) is 60.2 Å². The summed E-state index contributed by atoms with van der Waals surface area (Å²) in [5.74, 6) is -2.15. The molecule has 2 aromatic carbocycles. The van der Waals surface area contributed by atoms with Crippen molar-refractivity contribution < 1.29 is 23.8 Å². The van der Waals surface area contributed by atoms with Crippen LogP contribution >= 0.6 is 0 Å². The van der Waals surface area contributed by atoms with Gasteiger partial charge in [0.15, 0.2) is 0 Å². The van der Waals surface area contributed by atoms with Crippen LogP contribution in [0, 0.1) is 5.82 Å². The SMILES string of the molecule is O=C1C(=O)N(CC2CCCO2)C(c2ccccc2)C1=C(O)c1ccc(F)cc1. The monoisotopic (exact) mass is 381 g/mol. The average molecular weight is 381 g/mol. The maximum Gasteiger partial charge on any atom is 0.295 e. The summed E-state index contributed by atoms with van der Waals surface area (Å²) < 4.78 is 18.9. The topological polar surface area (TPSA) is 66.8 Å². The van der Waals surface area contributed by atoms with Crippen molar-refractivity contribution in [1.82, 2.24) is 4.90 Å². The van der Waals surface area contributed by atoms with Crippen LogP contribution in [-0.2, 0) is 14.3 Å².